The Morgan fingerprint density at radius 1 is 1.33 bits per heavy atom. The fraction of sp³-hybridized carbons (Fsp3) is 0.474. The van der Waals surface area contributed by atoms with E-state index in [1.165, 1.54) is 0 Å². The molecule has 1 aliphatic carbocycles. The van der Waals surface area contributed by atoms with Crippen molar-refractivity contribution in [2.45, 2.75) is 19.8 Å². The number of rotatable bonds is 9. The summed E-state index contributed by atoms with van der Waals surface area (Å²) in [4.78, 5) is 27.8. The number of carbonyl (C=O) groups excluding carboxylic acids is 1. The second kappa shape index (κ2) is 11.0. The lowest BCUT2D eigenvalue weighted by Gasteiger charge is -2.15. The number of hydrogen-bond acceptors (Lipinski definition) is 10. The summed E-state index contributed by atoms with van der Waals surface area (Å²) >= 11 is 0. The van der Waals surface area contributed by atoms with E-state index >= 15 is 0 Å². The van der Waals surface area contributed by atoms with Crippen LogP contribution < -0.4 is 20.7 Å². The molecule has 2 aromatic heterocycles. The molecule has 3 rings (SSSR count). The van der Waals surface area contributed by atoms with Gasteiger partial charge in [0.05, 0.1) is 12.3 Å². The summed E-state index contributed by atoms with van der Waals surface area (Å²) in [6, 6.07) is 2.12. The van der Waals surface area contributed by atoms with Crippen molar-refractivity contribution in [2.75, 3.05) is 44.6 Å². The highest BCUT2D eigenvalue weighted by atomic mass is 16.5. The molecule has 11 nitrogen and oxygen atoms in total. The number of ether oxygens (including phenoxy) is 2. The SMILES string of the molecule is COCCOc1nc(Nc2cc(C)ncc2C(=N)C2CC2)nc(N(C)C)n1.NC=O. The van der Waals surface area contributed by atoms with Gasteiger partial charge in [-0.3, -0.25) is 9.78 Å². The van der Waals surface area contributed by atoms with Crippen molar-refractivity contribution in [3.05, 3.63) is 23.5 Å². The van der Waals surface area contributed by atoms with Gasteiger partial charge in [-0.05, 0) is 25.8 Å². The number of aromatic nitrogens is 4. The third kappa shape index (κ3) is 6.62. The van der Waals surface area contributed by atoms with Gasteiger partial charge in [-0.15, -0.1) is 0 Å². The number of methoxy groups -OCH3 is 1. The summed E-state index contributed by atoms with van der Waals surface area (Å²) in [5.41, 5.74) is 7.15. The van der Waals surface area contributed by atoms with Crippen LogP contribution in [0.5, 0.6) is 6.01 Å². The molecule has 1 saturated carbocycles. The van der Waals surface area contributed by atoms with Crippen molar-refractivity contribution >= 4 is 29.7 Å². The minimum Gasteiger partial charge on any atom is -0.461 e. The molecule has 11 heteroatoms. The Bertz CT molecular complexity index is 871. The van der Waals surface area contributed by atoms with Gasteiger partial charge in [0.25, 0.3) is 0 Å². The van der Waals surface area contributed by atoms with Crippen molar-refractivity contribution < 1.29 is 14.3 Å². The first-order chi connectivity index (χ1) is 14.4. The first kappa shape index (κ1) is 22.9. The van der Waals surface area contributed by atoms with Crippen LogP contribution in [0.2, 0.25) is 0 Å². The smallest absolute Gasteiger partial charge is 0.323 e. The Hall–Kier alpha value is -3.34. The number of hydrogen-bond donors (Lipinski definition) is 3. The van der Waals surface area contributed by atoms with Gasteiger partial charge in [-0.2, -0.15) is 15.0 Å². The maximum atomic E-state index is 8.58. The normalized spacial score (nSPS) is 12.4. The number of nitrogens with one attached hydrogen (secondary N) is 2. The Morgan fingerprint density at radius 3 is 2.63 bits per heavy atom. The van der Waals surface area contributed by atoms with Crippen LogP contribution in [0.4, 0.5) is 17.6 Å². The molecule has 1 amide bonds. The fourth-order valence-electron chi connectivity index (χ4n) is 2.47. The van der Waals surface area contributed by atoms with Crippen molar-refractivity contribution in [3.8, 4) is 6.01 Å². The molecule has 2 heterocycles. The zero-order valence-corrected chi connectivity index (χ0v) is 17.7. The topological polar surface area (TPSA) is 152 Å². The third-order valence-corrected chi connectivity index (χ3v) is 4.08. The van der Waals surface area contributed by atoms with E-state index in [0.29, 0.717) is 36.7 Å². The van der Waals surface area contributed by atoms with Crippen molar-refractivity contribution in [2.24, 2.45) is 11.7 Å². The molecular weight excluding hydrogens is 388 g/mol. The van der Waals surface area contributed by atoms with E-state index in [9.17, 15) is 0 Å². The lowest BCUT2D eigenvalue weighted by Crippen LogP contribution is -2.17. The number of primary amides is 1. The van der Waals surface area contributed by atoms with Gasteiger partial charge < -0.3 is 30.8 Å². The minimum absolute atomic E-state index is 0.220. The Kier molecular flexibility index (Phi) is 8.41. The number of pyridine rings is 1. The highest BCUT2D eigenvalue weighted by Crippen LogP contribution is 2.35. The van der Waals surface area contributed by atoms with E-state index in [1.54, 1.807) is 18.2 Å². The molecule has 0 aromatic carbocycles. The average molecular weight is 416 g/mol. The molecule has 0 spiro atoms. The number of aryl methyl sites for hydroxylation is 1. The zero-order chi connectivity index (χ0) is 22.1. The quantitative estimate of drug-likeness (QED) is 0.312. The lowest BCUT2D eigenvalue weighted by atomic mass is 10.1. The molecule has 4 N–H and O–H groups in total. The van der Waals surface area contributed by atoms with E-state index in [2.05, 4.69) is 31.0 Å². The second-order valence-electron chi connectivity index (χ2n) is 6.80. The predicted molar refractivity (Wildman–Crippen MR) is 114 cm³/mol. The zero-order valence-electron chi connectivity index (χ0n) is 17.7. The first-order valence-corrected chi connectivity index (χ1v) is 9.42. The van der Waals surface area contributed by atoms with Crippen molar-refractivity contribution in [3.63, 3.8) is 0 Å². The molecule has 30 heavy (non-hydrogen) atoms. The van der Waals surface area contributed by atoms with Crippen molar-refractivity contribution in [1.82, 2.24) is 19.9 Å². The summed E-state index contributed by atoms with van der Waals surface area (Å²) < 4.78 is 10.6. The fourth-order valence-corrected chi connectivity index (χ4v) is 2.47. The Balaban J connectivity index is 0.00000101. The van der Waals surface area contributed by atoms with Gasteiger partial charge in [0, 0.05) is 50.3 Å². The van der Waals surface area contributed by atoms with Gasteiger partial charge in [-0.1, -0.05) is 0 Å². The largest absolute Gasteiger partial charge is 0.461 e. The monoisotopic (exact) mass is 416 g/mol. The van der Waals surface area contributed by atoms with Gasteiger partial charge in [0.15, 0.2) is 0 Å². The first-order valence-electron chi connectivity index (χ1n) is 9.42. The number of carbonyl (C=O) groups is 1. The van der Waals surface area contributed by atoms with Crippen LogP contribution in [0.3, 0.4) is 0 Å². The van der Waals surface area contributed by atoms with Crippen LogP contribution in [0.25, 0.3) is 0 Å². The van der Waals surface area contributed by atoms with E-state index in [-0.39, 0.29) is 12.4 Å². The van der Waals surface area contributed by atoms with Gasteiger partial charge in [-0.25, -0.2) is 0 Å². The number of amides is 1. The maximum absolute atomic E-state index is 8.58. The van der Waals surface area contributed by atoms with Crippen LogP contribution in [-0.4, -0.2) is 66.5 Å². The van der Waals surface area contributed by atoms with E-state index in [0.717, 1.165) is 29.8 Å². The molecular formula is C19H28N8O3. The molecule has 2 aromatic rings. The molecule has 0 unspecified atom stereocenters. The lowest BCUT2D eigenvalue weighted by molar-refractivity contribution is -0.106. The van der Waals surface area contributed by atoms with Crippen LogP contribution in [0.15, 0.2) is 12.3 Å². The van der Waals surface area contributed by atoms with Gasteiger partial charge >= 0.3 is 6.01 Å². The molecule has 1 fully saturated rings. The molecule has 0 radical (unpaired) electrons. The summed E-state index contributed by atoms with van der Waals surface area (Å²) in [6.45, 7) is 2.70. The molecule has 0 atom stereocenters. The minimum atomic E-state index is 0.220. The predicted octanol–water partition coefficient (Wildman–Crippen LogP) is 1.29. The molecule has 0 saturated heterocycles. The summed E-state index contributed by atoms with van der Waals surface area (Å²) in [6.07, 6.45) is 4.10. The standard InChI is InChI=1S/C18H25N7O2.CH3NO/c1-11-9-14(13(10-20-11)15(19)12-5-6-12)21-16-22-17(25(2)3)24-18(23-16)27-8-7-26-4;2-1-3/h9-10,12,19H,5-8H2,1-4H3,(H,20,21,22,23,24);1H,(H2,2,3). The van der Waals surface area contributed by atoms with E-state index < -0.39 is 0 Å². The van der Waals surface area contributed by atoms with Crippen LogP contribution in [0, 0.1) is 18.3 Å². The maximum Gasteiger partial charge on any atom is 0.323 e. The highest BCUT2D eigenvalue weighted by Gasteiger charge is 2.29. The van der Waals surface area contributed by atoms with Gasteiger partial charge in [0.2, 0.25) is 18.3 Å². The second-order valence-corrected chi connectivity index (χ2v) is 6.80. The summed E-state index contributed by atoms with van der Waals surface area (Å²) in [5, 5.41) is 11.6. The third-order valence-electron chi connectivity index (χ3n) is 4.08. The van der Waals surface area contributed by atoms with Crippen LogP contribution >= 0.6 is 0 Å². The molecule has 162 valence electrons. The average Bonchev–Trinajstić information content (AvgIpc) is 3.54. The number of nitrogens with two attached hydrogens (primary N) is 1. The van der Waals surface area contributed by atoms with Crippen LogP contribution in [-0.2, 0) is 9.53 Å². The van der Waals surface area contributed by atoms with Gasteiger partial charge in [0.1, 0.15) is 6.61 Å². The van der Waals surface area contributed by atoms with Crippen molar-refractivity contribution in [1.29, 1.82) is 5.41 Å². The summed E-state index contributed by atoms with van der Waals surface area (Å²) in [7, 11) is 5.31. The number of anilines is 3. The number of nitrogens with zero attached hydrogens (tertiary/aromatic N) is 5. The van der Waals surface area contributed by atoms with E-state index in [1.807, 2.05) is 27.1 Å². The highest BCUT2D eigenvalue weighted by molar-refractivity contribution is 6.05. The molecule has 0 aliphatic heterocycles. The molecule has 1 aliphatic rings. The Labute approximate surface area is 175 Å². The van der Waals surface area contributed by atoms with E-state index in [4.69, 9.17) is 19.7 Å². The Morgan fingerprint density at radius 2 is 2.03 bits per heavy atom. The molecule has 0 bridgehead atoms. The van der Waals surface area contributed by atoms with Crippen LogP contribution in [0.1, 0.15) is 24.1 Å². The summed E-state index contributed by atoms with van der Waals surface area (Å²) in [5.74, 6) is 1.15.